The van der Waals surface area contributed by atoms with Crippen molar-refractivity contribution in [2.24, 2.45) is 5.64 Å². The summed E-state index contributed by atoms with van der Waals surface area (Å²) in [6, 6.07) is 0. The maximum absolute atomic E-state index is 5.66. The molecule has 0 atom stereocenters. The molecule has 0 aromatic heterocycles. The van der Waals surface area contributed by atoms with E-state index in [9.17, 15) is 0 Å². The lowest BCUT2D eigenvalue weighted by Gasteiger charge is -2.36. The van der Waals surface area contributed by atoms with E-state index >= 15 is 0 Å². The van der Waals surface area contributed by atoms with Gasteiger partial charge in [-0.3, -0.25) is 0 Å². The molecule has 0 unspecified atom stereocenters. The van der Waals surface area contributed by atoms with Gasteiger partial charge >= 0.3 is 14.2 Å². The Hall–Kier alpha value is -0.00519. The fourth-order valence-electron chi connectivity index (χ4n) is 1.22. The highest BCUT2D eigenvalue weighted by Crippen LogP contribution is 1.92. The van der Waals surface area contributed by atoms with Gasteiger partial charge in [-0.05, 0) is 14.1 Å². The maximum Gasteiger partial charge on any atom is 0.377 e. The molecule has 1 rings (SSSR count). The van der Waals surface area contributed by atoms with Gasteiger partial charge in [-0.1, -0.05) is 6.82 Å². The fraction of sp³-hybridized carbons (Fsp3) is 1.00. The predicted molar refractivity (Wildman–Crippen MR) is 50.4 cm³/mol. The van der Waals surface area contributed by atoms with Gasteiger partial charge in [-0.15, -0.1) is 0 Å². The zero-order chi connectivity index (χ0) is 8.43. The molecule has 0 aliphatic carbocycles. The smallest absolute Gasteiger partial charge is 0.357 e. The Morgan fingerprint density at radius 2 is 2.09 bits per heavy atom. The number of nitrogens with zero attached hydrogens (tertiary/aromatic N) is 1. The maximum atomic E-state index is 5.66. The first-order valence-corrected chi connectivity index (χ1v) is 3.82. The Morgan fingerprint density at radius 1 is 1.45 bits per heavy atom. The molecular formula is C3H14B3N5. The predicted octanol–water partition coefficient (Wildman–Crippen LogP) is -2.62. The summed E-state index contributed by atoms with van der Waals surface area (Å²) in [5.74, 6) is 0. The zero-order valence-corrected chi connectivity index (χ0v) is 7.26. The molecule has 0 spiro atoms. The summed E-state index contributed by atoms with van der Waals surface area (Å²) in [6.07, 6.45) is 0. The van der Waals surface area contributed by atoms with E-state index in [1.165, 1.54) is 0 Å². The number of nitrogens with two attached hydrogens (primary N) is 1. The van der Waals surface area contributed by atoms with Crippen LogP contribution in [-0.4, -0.2) is 40.0 Å². The molecule has 1 fully saturated rings. The van der Waals surface area contributed by atoms with E-state index in [-0.39, 0.29) is 14.2 Å². The van der Waals surface area contributed by atoms with Crippen LogP contribution in [0.5, 0.6) is 0 Å². The van der Waals surface area contributed by atoms with Gasteiger partial charge in [0.1, 0.15) is 0 Å². The highest BCUT2D eigenvalue weighted by Gasteiger charge is 2.35. The number of hydrogen-bond donors (Lipinski definition) is 4. The first-order chi connectivity index (χ1) is 5.15. The molecule has 1 aliphatic heterocycles. The molecule has 0 amide bonds. The van der Waals surface area contributed by atoms with Gasteiger partial charge in [0, 0.05) is 0 Å². The molecule has 1 aliphatic rings. The standard InChI is InChI=1S/C3H14B3N5/c1-4-9-5(7)10-6(8-2)11(4)3/h8-10H,7H2,1-3H3. The van der Waals surface area contributed by atoms with E-state index in [2.05, 4.69) is 27.1 Å². The van der Waals surface area contributed by atoms with Crippen LogP contribution < -0.4 is 21.2 Å². The molecule has 1 heterocycles. The topological polar surface area (TPSA) is 65.3 Å². The Morgan fingerprint density at radius 3 is 2.64 bits per heavy atom. The van der Waals surface area contributed by atoms with Crippen LogP contribution in [0, 0.1) is 0 Å². The van der Waals surface area contributed by atoms with Crippen molar-refractivity contribution in [2.75, 3.05) is 14.1 Å². The van der Waals surface area contributed by atoms with Crippen LogP contribution in [0.2, 0.25) is 6.82 Å². The molecule has 0 saturated carbocycles. The lowest BCUT2D eigenvalue weighted by Crippen LogP contribution is -2.80. The first kappa shape index (κ1) is 9.09. The Labute approximate surface area is 68.9 Å². The van der Waals surface area contributed by atoms with Crippen molar-refractivity contribution in [1.82, 2.24) is 20.2 Å². The Bertz CT molecular complexity index is 134. The summed E-state index contributed by atoms with van der Waals surface area (Å²) in [6.45, 7) is 2.37. The fourth-order valence-corrected chi connectivity index (χ4v) is 1.22. The van der Waals surface area contributed by atoms with Crippen molar-refractivity contribution < 1.29 is 0 Å². The van der Waals surface area contributed by atoms with Crippen molar-refractivity contribution in [3.8, 4) is 0 Å². The summed E-state index contributed by atoms with van der Waals surface area (Å²) in [5, 5.41) is 9.38. The number of rotatable bonds is 1. The Balaban J connectivity index is 2.51. The number of nitrogens with one attached hydrogen (secondary N) is 3. The van der Waals surface area contributed by atoms with E-state index in [1.807, 2.05) is 14.1 Å². The van der Waals surface area contributed by atoms with Crippen LogP contribution in [0.4, 0.5) is 0 Å². The third-order valence-corrected chi connectivity index (χ3v) is 2.05. The Kier molecular flexibility index (Phi) is 2.97. The second kappa shape index (κ2) is 3.60. The monoisotopic (exact) mass is 153 g/mol. The molecule has 8 heteroatoms. The minimum Gasteiger partial charge on any atom is -0.357 e. The zero-order valence-electron chi connectivity index (χ0n) is 7.26. The van der Waals surface area contributed by atoms with Crippen molar-refractivity contribution in [3.05, 3.63) is 0 Å². The van der Waals surface area contributed by atoms with Crippen LogP contribution in [-0.2, 0) is 0 Å². The molecule has 0 aromatic carbocycles. The van der Waals surface area contributed by atoms with Crippen molar-refractivity contribution in [1.29, 1.82) is 0 Å². The molecule has 5 N–H and O–H groups in total. The summed E-state index contributed by atoms with van der Waals surface area (Å²) >= 11 is 0. The van der Waals surface area contributed by atoms with E-state index in [4.69, 9.17) is 5.64 Å². The molecule has 5 nitrogen and oxygen atoms in total. The van der Waals surface area contributed by atoms with Gasteiger partial charge in [0.05, 0.1) is 0 Å². The van der Waals surface area contributed by atoms with Gasteiger partial charge in [0.2, 0.25) is 0 Å². The van der Waals surface area contributed by atoms with Crippen LogP contribution in [0.15, 0.2) is 0 Å². The van der Waals surface area contributed by atoms with Gasteiger partial charge in [0.25, 0.3) is 6.98 Å². The normalized spacial score (nSPS) is 21.3. The molecule has 0 bridgehead atoms. The van der Waals surface area contributed by atoms with E-state index < -0.39 is 0 Å². The third kappa shape index (κ3) is 1.97. The first-order valence-electron chi connectivity index (χ1n) is 3.82. The minimum atomic E-state index is -0.126. The second-order valence-corrected chi connectivity index (χ2v) is 2.84. The quantitative estimate of drug-likeness (QED) is 0.310. The van der Waals surface area contributed by atoms with Crippen LogP contribution >= 0.6 is 0 Å². The molecule has 0 aromatic rings. The van der Waals surface area contributed by atoms with E-state index in [0.717, 1.165) is 0 Å². The molecule has 60 valence electrons. The number of hydrogen-bond acceptors (Lipinski definition) is 5. The summed E-state index contributed by atoms with van der Waals surface area (Å²) in [7, 11) is 3.95. The van der Waals surface area contributed by atoms with E-state index in [0.29, 0.717) is 6.98 Å². The largest absolute Gasteiger partial charge is 0.377 e. The van der Waals surface area contributed by atoms with Crippen molar-refractivity contribution >= 4 is 21.2 Å². The molecule has 0 radical (unpaired) electrons. The molecule has 11 heavy (non-hydrogen) atoms. The van der Waals surface area contributed by atoms with E-state index in [1.54, 1.807) is 0 Å². The summed E-state index contributed by atoms with van der Waals surface area (Å²) in [5.41, 5.74) is 5.66. The van der Waals surface area contributed by atoms with Gasteiger partial charge in [-0.2, -0.15) is 0 Å². The van der Waals surface area contributed by atoms with Crippen molar-refractivity contribution in [3.63, 3.8) is 0 Å². The highest BCUT2D eigenvalue weighted by atomic mass is 15.2. The lowest BCUT2D eigenvalue weighted by molar-refractivity contribution is 0.726. The summed E-state index contributed by atoms with van der Waals surface area (Å²) < 4.78 is 2.13. The van der Waals surface area contributed by atoms with Crippen molar-refractivity contribution in [2.45, 2.75) is 6.82 Å². The van der Waals surface area contributed by atoms with Gasteiger partial charge in [0.15, 0.2) is 0 Å². The minimum absolute atomic E-state index is 0.126. The second-order valence-electron chi connectivity index (χ2n) is 2.84. The summed E-state index contributed by atoms with van der Waals surface area (Å²) in [4.78, 5) is 0. The molecule has 1 saturated heterocycles. The highest BCUT2D eigenvalue weighted by molar-refractivity contribution is 6.84. The molecular weight excluding hydrogens is 139 g/mol. The SMILES string of the molecule is CNB1NB(N)NB(C)N1C. The van der Waals surface area contributed by atoms with Gasteiger partial charge in [-0.25, -0.2) is 0 Å². The third-order valence-electron chi connectivity index (χ3n) is 2.05. The van der Waals surface area contributed by atoms with Crippen LogP contribution in [0.1, 0.15) is 0 Å². The van der Waals surface area contributed by atoms with Gasteiger partial charge < -0.3 is 25.9 Å². The average molecular weight is 153 g/mol. The lowest BCUT2D eigenvalue weighted by atomic mass is 9.57. The van der Waals surface area contributed by atoms with Crippen LogP contribution in [0.3, 0.4) is 0 Å². The average Bonchev–Trinajstić information content (AvgIpc) is 1.96. The van der Waals surface area contributed by atoms with Crippen LogP contribution in [0.25, 0.3) is 0 Å².